The molecular formula is C10H20N2O4. The van der Waals surface area contributed by atoms with Gasteiger partial charge in [-0.25, -0.2) is 4.79 Å². The van der Waals surface area contributed by atoms with E-state index in [4.69, 9.17) is 10.5 Å². The molecule has 0 saturated heterocycles. The summed E-state index contributed by atoms with van der Waals surface area (Å²) in [5.74, 6) is -0.404. The molecule has 94 valence electrons. The monoisotopic (exact) mass is 232 g/mol. The van der Waals surface area contributed by atoms with Crippen molar-refractivity contribution in [1.29, 1.82) is 0 Å². The van der Waals surface area contributed by atoms with Crippen LogP contribution in [0.15, 0.2) is 0 Å². The molecule has 1 atom stereocenters. The molecule has 16 heavy (non-hydrogen) atoms. The first kappa shape index (κ1) is 14.7. The smallest absolute Gasteiger partial charge is 0.407 e. The number of alkyl carbamates (subject to hydrolysis) is 1. The highest BCUT2D eigenvalue weighted by Gasteiger charge is 2.17. The normalized spacial score (nSPS) is 12.8. The van der Waals surface area contributed by atoms with Gasteiger partial charge in [-0.3, -0.25) is 4.79 Å². The van der Waals surface area contributed by atoms with E-state index in [9.17, 15) is 9.59 Å². The third kappa shape index (κ3) is 8.05. The van der Waals surface area contributed by atoms with E-state index in [2.05, 4.69) is 10.1 Å². The van der Waals surface area contributed by atoms with Crippen molar-refractivity contribution in [3.05, 3.63) is 0 Å². The number of hydrogen-bond donors (Lipinski definition) is 2. The molecule has 0 aromatic heterocycles. The highest BCUT2D eigenvalue weighted by molar-refractivity contribution is 5.70. The molecule has 3 N–H and O–H groups in total. The van der Waals surface area contributed by atoms with Gasteiger partial charge in [-0.05, 0) is 20.8 Å². The summed E-state index contributed by atoms with van der Waals surface area (Å²) >= 11 is 0. The first-order valence-electron chi connectivity index (χ1n) is 5.04. The van der Waals surface area contributed by atoms with Crippen LogP contribution in [0.5, 0.6) is 0 Å². The van der Waals surface area contributed by atoms with Crippen molar-refractivity contribution in [2.45, 2.75) is 38.8 Å². The lowest BCUT2D eigenvalue weighted by Gasteiger charge is -2.20. The Balaban J connectivity index is 3.79. The molecule has 0 aliphatic heterocycles. The number of nitrogens with two attached hydrogens (primary N) is 1. The van der Waals surface area contributed by atoms with E-state index in [1.807, 2.05) is 0 Å². The quantitative estimate of drug-likeness (QED) is 0.685. The van der Waals surface area contributed by atoms with Gasteiger partial charge in [0.2, 0.25) is 0 Å². The van der Waals surface area contributed by atoms with E-state index in [0.717, 1.165) is 0 Å². The zero-order valence-corrected chi connectivity index (χ0v) is 10.2. The van der Waals surface area contributed by atoms with Crippen LogP contribution >= 0.6 is 0 Å². The largest absolute Gasteiger partial charge is 0.469 e. The summed E-state index contributed by atoms with van der Waals surface area (Å²) in [4.78, 5) is 22.1. The second-order valence-electron chi connectivity index (χ2n) is 4.42. The van der Waals surface area contributed by atoms with Crippen LogP contribution in [0.2, 0.25) is 0 Å². The van der Waals surface area contributed by atoms with E-state index >= 15 is 0 Å². The zero-order valence-electron chi connectivity index (χ0n) is 10.2. The highest BCUT2D eigenvalue weighted by Crippen LogP contribution is 2.06. The Labute approximate surface area is 95.5 Å². The Hall–Kier alpha value is -1.30. The van der Waals surface area contributed by atoms with Crippen LogP contribution in [0, 0.1) is 0 Å². The number of carbonyl (C=O) groups is 2. The van der Waals surface area contributed by atoms with E-state index in [1.165, 1.54) is 7.11 Å². The van der Waals surface area contributed by atoms with Crippen LogP contribution in [0.1, 0.15) is 27.2 Å². The fourth-order valence-electron chi connectivity index (χ4n) is 0.898. The minimum atomic E-state index is -0.548. The van der Waals surface area contributed by atoms with Gasteiger partial charge in [0.15, 0.2) is 0 Å². The fourth-order valence-corrected chi connectivity index (χ4v) is 0.898. The molecule has 0 aliphatic carbocycles. The van der Waals surface area contributed by atoms with Crippen molar-refractivity contribution in [3.63, 3.8) is 0 Å². The van der Waals surface area contributed by atoms with E-state index < -0.39 is 23.7 Å². The Morgan fingerprint density at radius 1 is 1.38 bits per heavy atom. The summed E-state index contributed by atoms with van der Waals surface area (Å²) in [6.07, 6.45) is -0.487. The van der Waals surface area contributed by atoms with Crippen molar-refractivity contribution in [3.8, 4) is 0 Å². The minimum Gasteiger partial charge on any atom is -0.469 e. The molecule has 0 aromatic rings. The predicted octanol–water partition coefficient (Wildman–Crippen LogP) is 0.401. The molecule has 0 radical (unpaired) electrons. The van der Waals surface area contributed by atoms with Gasteiger partial charge in [0, 0.05) is 12.6 Å². The third-order valence-electron chi connectivity index (χ3n) is 1.56. The SMILES string of the molecule is COC(=O)CC(N)CNC(=O)OC(C)(C)C. The molecule has 0 aliphatic rings. The molecule has 0 fully saturated rings. The molecule has 1 amide bonds. The van der Waals surface area contributed by atoms with Gasteiger partial charge in [0.05, 0.1) is 13.5 Å². The summed E-state index contributed by atoms with van der Waals surface area (Å²) in [7, 11) is 1.29. The van der Waals surface area contributed by atoms with Crippen LogP contribution in [0.4, 0.5) is 4.79 Å². The second-order valence-corrected chi connectivity index (χ2v) is 4.42. The van der Waals surface area contributed by atoms with Gasteiger partial charge >= 0.3 is 12.1 Å². The Morgan fingerprint density at radius 3 is 2.38 bits per heavy atom. The van der Waals surface area contributed by atoms with Crippen LogP contribution in [0.3, 0.4) is 0 Å². The number of ether oxygens (including phenoxy) is 2. The topological polar surface area (TPSA) is 90.6 Å². The second kappa shape index (κ2) is 6.32. The van der Waals surface area contributed by atoms with E-state index in [0.29, 0.717) is 0 Å². The summed E-state index contributed by atoms with van der Waals surface area (Å²) < 4.78 is 9.44. The number of esters is 1. The zero-order chi connectivity index (χ0) is 12.8. The maximum absolute atomic E-state index is 11.2. The van der Waals surface area contributed by atoms with Crippen LogP contribution in [-0.2, 0) is 14.3 Å². The van der Waals surface area contributed by atoms with Gasteiger partial charge in [0.25, 0.3) is 0 Å². The molecule has 0 bridgehead atoms. The molecule has 0 heterocycles. The van der Waals surface area contributed by atoms with Crippen LogP contribution in [-0.4, -0.2) is 37.4 Å². The fraction of sp³-hybridized carbons (Fsp3) is 0.800. The highest BCUT2D eigenvalue weighted by atomic mass is 16.6. The number of nitrogens with one attached hydrogen (secondary N) is 1. The van der Waals surface area contributed by atoms with Crippen molar-refractivity contribution in [1.82, 2.24) is 5.32 Å². The molecule has 6 nitrogen and oxygen atoms in total. The third-order valence-corrected chi connectivity index (χ3v) is 1.56. The number of methoxy groups -OCH3 is 1. The van der Waals surface area contributed by atoms with E-state index in [1.54, 1.807) is 20.8 Å². The number of hydrogen-bond acceptors (Lipinski definition) is 5. The maximum Gasteiger partial charge on any atom is 0.407 e. The molecular weight excluding hydrogens is 212 g/mol. The standard InChI is InChI=1S/C10H20N2O4/c1-10(2,3)16-9(14)12-6-7(11)5-8(13)15-4/h7H,5-6,11H2,1-4H3,(H,12,14). The molecule has 0 rings (SSSR count). The van der Waals surface area contributed by atoms with E-state index in [-0.39, 0.29) is 13.0 Å². The summed E-state index contributed by atoms with van der Waals surface area (Å²) in [5.41, 5.74) is 5.05. The van der Waals surface area contributed by atoms with Crippen molar-refractivity contribution < 1.29 is 19.1 Å². The average Bonchev–Trinajstić information content (AvgIpc) is 2.12. The van der Waals surface area contributed by atoms with Crippen LogP contribution < -0.4 is 11.1 Å². The lowest BCUT2D eigenvalue weighted by atomic mass is 10.2. The van der Waals surface area contributed by atoms with Gasteiger partial charge in [-0.2, -0.15) is 0 Å². The lowest BCUT2D eigenvalue weighted by molar-refractivity contribution is -0.141. The molecule has 0 spiro atoms. The summed E-state index contributed by atoms with van der Waals surface area (Å²) in [6, 6.07) is -0.472. The maximum atomic E-state index is 11.2. The van der Waals surface area contributed by atoms with Gasteiger partial charge in [-0.1, -0.05) is 0 Å². The first-order chi connectivity index (χ1) is 7.24. The Morgan fingerprint density at radius 2 is 1.94 bits per heavy atom. The Bertz CT molecular complexity index is 248. The molecule has 6 heteroatoms. The van der Waals surface area contributed by atoms with Gasteiger partial charge in [-0.15, -0.1) is 0 Å². The first-order valence-corrected chi connectivity index (χ1v) is 5.04. The predicted molar refractivity (Wildman–Crippen MR) is 58.8 cm³/mol. The van der Waals surface area contributed by atoms with Gasteiger partial charge < -0.3 is 20.5 Å². The van der Waals surface area contributed by atoms with Crippen molar-refractivity contribution in [2.24, 2.45) is 5.73 Å². The van der Waals surface area contributed by atoms with Crippen LogP contribution in [0.25, 0.3) is 0 Å². The molecule has 1 unspecified atom stereocenters. The summed E-state index contributed by atoms with van der Waals surface area (Å²) in [5, 5.41) is 2.47. The van der Waals surface area contributed by atoms with Gasteiger partial charge in [0.1, 0.15) is 5.60 Å². The number of rotatable bonds is 4. The molecule has 0 aromatic carbocycles. The van der Waals surface area contributed by atoms with Crippen molar-refractivity contribution in [2.75, 3.05) is 13.7 Å². The lowest BCUT2D eigenvalue weighted by Crippen LogP contribution is -2.41. The molecule has 0 saturated carbocycles. The summed E-state index contributed by atoms with van der Waals surface area (Å²) in [6.45, 7) is 5.47. The Kier molecular flexibility index (Phi) is 5.81. The van der Waals surface area contributed by atoms with Crippen molar-refractivity contribution >= 4 is 12.1 Å². The minimum absolute atomic E-state index is 0.0618. The number of amides is 1. The number of carbonyl (C=O) groups excluding carboxylic acids is 2. The average molecular weight is 232 g/mol.